The molecule has 2 aromatic rings. The summed E-state index contributed by atoms with van der Waals surface area (Å²) in [4.78, 5) is 17.6. The summed E-state index contributed by atoms with van der Waals surface area (Å²) >= 11 is 0. The Balaban J connectivity index is 1.64. The van der Waals surface area contributed by atoms with Crippen LogP contribution in [0.1, 0.15) is 26.3 Å². The van der Waals surface area contributed by atoms with Crippen LogP contribution >= 0.6 is 0 Å². The maximum absolute atomic E-state index is 13.1. The third kappa shape index (κ3) is 5.26. The van der Waals surface area contributed by atoms with Crippen LogP contribution in [0.15, 0.2) is 42.5 Å². The predicted molar refractivity (Wildman–Crippen MR) is 115 cm³/mol. The van der Waals surface area contributed by atoms with E-state index in [0.29, 0.717) is 5.75 Å². The van der Waals surface area contributed by atoms with Gasteiger partial charge in [-0.3, -0.25) is 4.79 Å². The lowest BCUT2D eigenvalue weighted by atomic mass is 10.1. The summed E-state index contributed by atoms with van der Waals surface area (Å²) in [6, 6.07) is 11.6. The molecule has 0 atom stereocenters. The molecule has 2 aromatic carbocycles. The second-order valence-electron chi connectivity index (χ2n) is 7.94. The molecule has 1 heterocycles. The third-order valence-corrected chi connectivity index (χ3v) is 5.35. The van der Waals surface area contributed by atoms with Crippen molar-refractivity contribution in [3.05, 3.63) is 53.8 Å². The average Bonchev–Trinajstić information content (AvgIpc) is 2.70. The van der Waals surface area contributed by atoms with Crippen LogP contribution in [0.3, 0.4) is 0 Å². The number of anilines is 2. The summed E-state index contributed by atoms with van der Waals surface area (Å²) in [5, 5.41) is 2.94. The standard InChI is InChI=1S/C23H30FN3O2/c1-5-26-12-14-27(15-13-26)21-11-8-19(16-17(21)2)25-22(28)23(3,4)29-20-9-6-18(24)7-10-20/h6-11,16H,5,12-15H2,1-4H3,(H,25,28). The number of hydrogen-bond donors (Lipinski definition) is 1. The normalized spacial score (nSPS) is 15.3. The molecule has 0 unspecified atom stereocenters. The highest BCUT2D eigenvalue weighted by Gasteiger charge is 2.30. The van der Waals surface area contributed by atoms with Gasteiger partial charge in [-0.25, -0.2) is 4.39 Å². The first-order valence-corrected chi connectivity index (χ1v) is 10.1. The lowest BCUT2D eigenvalue weighted by molar-refractivity contribution is -0.128. The van der Waals surface area contributed by atoms with Crippen LogP contribution in [-0.4, -0.2) is 49.1 Å². The molecule has 3 rings (SSSR count). The highest BCUT2D eigenvalue weighted by Crippen LogP contribution is 2.26. The zero-order valence-corrected chi connectivity index (χ0v) is 17.7. The predicted octanol–water partition coefficient (Wildman–Crippen LogP) is 4.07. The smallest absolute Gasteiger partial charge is 0.267 e. The van der Waals surface area contributed by atoms with E-state index in [4.69, 9.17) is 4.74 Å². The van der Waals surface area contributed by atoms with E-state index in [1.807, 2.05) is 12.1 Å². The number of halogens is 1. The Hall–Kier alpha value is -2.60. The number of benzene rings is 2. The number of aryl methyl sites for hydroxylation is 1. The number of nitrogens with one attached hydrogen (secondary N) is 1. The van der Waals surface area contributed by atoms with Gasteiger partial charge in [0.05, 0.1) is 0 Å². The first-order valence-electron chi connectivity index (χ1n) is 10.1. The minimum absolute atomic E-state index is 0.259. The average molecular weight is 400 g/mol. The molecule has 0 spiro atoms. The first-order chi connectivity index (χ1) is 13.8. The molecule has 1 aliphatic heterocycles. The summed E-state index contributed by atoms with van der Waals surface area (Å²) in [6.45, 7) is 12.9. The van der Waals surface area contributed by atoms with Crippen LogP contribution in [0.5, 0.6) is 5.75 Å². The summed E-state index contributed by atoms with van der Waals surface area (Å²) in [6.07, 6.45) is 0. The van der Waals surface area contributed by atoms with Gasteiger partial charge in [-0.05, 0) is 75.3 Å². The molecule has 0 radical (unpaired) electrons. The Morgan fingerprint density at radius 3 is 2.34 bits per heavy atom. The molecule has 1 aliphatic rings. The second kappa shape index (κ2) is 8.82. The molecule has 1 amide bonds. The monoisotopic (exact) mass is 399 g/mol. The van der Waals surface area contributed by atoms with Crippen LogP contribution in [0.4, 0.5) is 15.8 Å². The topological polar surface area (TPSA) is 44.8 Å². The molecule has 6 heteroatoms. The molecule has 5 nitrogen and oxygen atoms in total. The lowest BCUT2D eigenvalue weighted by Crippen LogP contribution is -2.46. The van der Waals surface area contributed by atoms with Crippen LogP contribution in [0.25, 0.3) is 0 Å². The van der Waals surface area contributed by atoms with Crippen molar-refractivity contribution in [2.24, 2.45) is 0 Å². The van der Waals surface area contributed by atoms with Crippen molar-refractivity contribution in [3.8, 4) is 5.75 Å². The number of amides is 1. The van der Waals surface area contributed by atoms with Gasteiger partial charge >= 0.3 is 0 Å². The second-order valence-corrected chi connectivity index (χ2v) is 7.94. The number of rotatable bonds is 6. The fraction of sp³-hybridized carbons (Fsp3) is 0.435. The first kappa shape index (κ1) is 21.1. The molecule has 0 aliphatic carbocycles. The molecule has 29 heavy (non-hydrogen) atoms. The van der Waals surface area contributed by atoms with Crippen molar-refractivity contribution >= 4 is 17.3 Å². The van der Waals surface area contributed by atoms with E-state index in [2.05, 4.69) is 35.0 Å². The number of piperazine rings is 1. The van der Waals surface area contributed by atoms with E-state index in [1.54, 1.807) is 13.8 Å². The summed E-state index contributed by atoms with van der Waals surface area (Å²) in [5.41, 5.74) is 1.98. The summed E-state index contributed by atoms with van der Waals surface area (Å²) in [5.74, 6) is -0.152. The van der Waals surface area contributed by atoms with Crippen molar-refractivity contribution in [1.29, 1.82) is 0 Å². The number of carbonyl (C=O) groups is 1. The van der Waals surface area contributed by atoms with Crippen molar-refractivity contribution < 1.29 is 13.9 Å². The Kier molecular flexibility index (Phi) is 6.42. The Bertz CT molecular complexity index is 844. The number of hydrogen-bond acceptors (Lipinski definition) is 4. The van der Waals surface area contributed by atoms with Crippen molar-refractivity contribution in [1.82, 2.24) is 4.90 Å². The molecular formula is C23H30FN3O2. The number of likely N-dealkylation sites (N-methyl/N-ethyl adjacent to an activating group) is 1. The van der Waals surface area contributed by atoms with Gasteiger partial charge in [0.1, 0.15) is 11.6 Å². The molecule has 1 N–H and O–H groups in total. The van der Waals surface area contributed by atoms with Gasteiger partial charge in [0.2, 0.25) is 0 Å². The van der Waals surface area contributed by atoms with Gasteiger partial charge in [-0.15, -0.1) is 0 Å². The van der Waals surface area contributed by atoms with Gasteiger partial charge in [0.15, 0.2) is 5.60 Å². The fourth-order valence-electron chi connectivity index (χ4n) is 3.52. The van der Waals surface area contributed by atoms with Crippen molar-refractivity contribution in [3.63, 3.8) is 0 Å². The minimum Gasteiger partial charge on any atom is -0.478 e. The summed E-state index contributed by atoms with van der Waals surface area (Å²) in [7, 11) is 0. The van der Waals surface area contributed by atoms with Crippen molar-refractivity contribution in [2.45, 2.75) is 33.3 Å². The van der Waals surface area contributed by atoms with Gasteiger partial charge in [-0.2, -0.15) is 0 Å². The van der Waals surface area contributed by atoms with E-state index in [-0.39, 0.29) is 11.7 Å². The van der Waals surface area contributed by atoms with E-state index in [0.717, 1.165) is 44.0 Å². The number of ether oxygens (including phenoxy) is 1. The Labute approximate surface area is 172 Å². The largest absolute Gasteiger partial charge is 0.478 e. The SMILES string of the molecule is CCN1CCN(c2ccc(NC(=O)C(C)(C)Oc3ccc(F)cc3)cc2C)CC1. The molecule has 0 bridgehead atoms. The lowest BCUT2D eigenvalue weighted by Gasteiger charge is -2.36. The quantitative estimate of drug-likeness (QED) is 0.795. The van der Waals surface area contributed by atoms with Crippen molar-refractivity contribution in [2.75, 3.05) is 42.9 Å². The third-order valence-electron chi connectivity index (χ3n) is 5.35. The zero-order chi connectivity index (χ0) is 21.0. The van der Waals surface area contributed by atoms with Crippen LogP contribution in [0, 0.1) is 12.7 Å². The van der Waals surface area contributed by atoms with Gasteiger partial charge in [0, 0.05) is 37.6 Å². The number of nitrogens with zero attached hydrogens (tertiary/aromatic N) is 2. The molecule has 1 saturated heterocycles. The van der Waals surface area contributed by atoms with Crippen LogP contribution < -0.4 is 15.0 Å². The van der Waals surface area contributed by atoms with E-state index < -0.39 is 5.60 Å². The van der Waals surface area contributed by atoms with Gasteiger partial charge in [-0.1, -0.05) is 6.92 Å². The molecular weight excluding hydrogens is 369 g/mol. The van der Waals surface area contributed by atoms with E-state index in [1.165, 1.54) is 30.0 Å². The maximum atomic E-state index is 13.1. The number of carbonyl (C=O) groups excluding carboxylic acids is 1. The fourth-order valence-corrected chi connectivity index (χ4v) is 3.52. The summed E-state index contributed by atoms with van der Waals surface area (Å²) < 4.78 is 18.8. The molecule has 1 fully saturated rings. The minimum atomic E-state index is -1.10. The van der Waals surface area contributed by atoms with Gasteiger partial charge in [0.25, 0.3) is 5.91 Å². The Morgan fingerprint density at radius 1 is 1.10 bits per heavy atom. The van der Waals surface area contributed by atoms with E-state index >= 15 is 0 Å². The van der Waals surface area contributed by atoms with Crippen LogP contribution in [-0.2, 0) is 4.79 Å². The molecule has 156 valence electrons. The highest BCUT2D eigenvalue weighted by molar-refractivity contribution is 5.97. The van der Waals surface area contributed by atoms with E-state index in [9.17, 15) is 9.18 Å². The Morgan fingerprint density at radius 2 is 1.76 bits per heavy atom. The van der Waals surface area contributed by atoms with Gasteiger partial charge < -0.3 is 19.9 Å². The molecule has 0 saturated carbocycles. The highest BCUT2D eigenvalue weighted by atomic mass is 19.1. The maximum Gasteiger partial charge on any atom is 0.267 e. The van der Waals surface area contributed by atoms with Crippen LogP contribution in [0.2, 0.25) is 0 Å². The zero-order valence-electron chi connectivity index (χ0n) is 17.7. The molecule has 0 aromatic heterocycles.